The lowest BCUT2D eigenvalue weighted by Gasteiger charge is -2.17. The maximum Gasteiger partial charge on any atom is 0.416 e. The molecule has 0 amide bonds. The van der Waals surface area contributed by atoms with Gasteiger partial charge < -0.3 is 9.13 Å². The van der Waals surface area contributed by atoms with Crippen LogP contribution in [-0.4, -0.2) is 24.1 Å². The van der Waals surface area contributed by atoms with E-state index in [9.17, 15) is 13.2 Å². The Morgan fingerprint density at radius 3 is 1.32 bits per heavy atom. The summed E-state index contributed by atoms with van der Waals surface area (Å²) >= 11 is 0. The van der Waals surface area contributed by atoms with Gasteiger partial charge in [-0.1, -0.05) is 157 Å². The number of hydrogen-bond acceptors (Lipinski definition) is 3. The number of hydrogen-bond donors (Lipinski definition) is 0. The van der Waals surface area contributed by atoms with Gasteiger partial charge in [-0.15, -0.1) is 0 Å². The maximum absolute atomic E-state index is 14.3. The fourth-order valence-corrected chi connectivity index (χ4v) is 10.9. The molecule has 0 N–H and O–H groups in total. The van der Waals surface area contributed by atoms with Crippen molar-refractivity contribution in [1.82, 2.24) is 24.1 Å². The van der Waals surface area contributed by atoms with Gasteiger partial charge in [0.2, 0.25) is 0 Å². The monoisotopic (exact) mass is 977 g/mol. The van der Waals surface area contributed by atoms with Gasteiger partial charge in [-0.05, 0) is 139 Å². The molecule has 0 unspecified atom stereocenters. The zero-order chi connectivity index (χ0) is 51.0. The van der Waals surface area contributed by atoms with Crippen LogP contribution in [-0.2, 0) is 6.18 Å². The van der Waals surface area contributed by atoms with E-state index in [1.54, 1.807) is 6.92 Å². The average Bonchev–Trinajstić information content (AvgIpc) is 4.00. The fourth-order valence-electron chi connectivity index (χ4n) is 10.9. The molecule has 3 aromatic heterocycles. The van der Waals surface area contributed by atoms with Crippen LogP contribution >= 0.6 is 0 Å². The van der Waals surface area contributed by atoms with E-state index in [1.807, 2.05) is 91.0 Å². The van der Waals surface area contributed by atoms with Crippen LogP contribution in [0.5, 0.6) is 0 Å². The SMILES string of the molecule is Cc1cc(C)cc(-c2ccc3c(c2)c2cc(-c4cc(C)cc(C(F)(F)F)c4)ccc2n3-c2ccc(-c3ccc4c(c3)c3ccccc3n4-c3ccccc3)cc2-c2nc(-c3ccccc3)nc(-c3ccccc3)n2)c1. The van der Waals surface area contributed by atoms with E-state index >= 15 is 0 Å². The van der Waals surface area contributed by atoms with Crippen LogP contribution in [0, 0.1) is 20.8 Å². The lowest BCUT2D eigenvalue weighted by atomic mass is 9.97. The van der Waals surface area contributed by atoms with Crippen molar-refractivity contribution in [3.05, 3.63) is 247 Å². The molecule has 13 aromatic rings. The molecular formula is C67H46F3N5. The Morgan fingerprint density at radius 1 is 0.320 bits per heavy atom. The molecular weight excluding hydrogens is 932 g/mol. The lowest BCUT2D eigenvalue weighted by molar-refractivity contribution is -0.137. The topological polar surface area (TPSA) is 48.5 Å². The minimum atomic E-state index is -4.49. The van der Waals surface area contributed by atoms with E-state index in [-0.39, 0.29) is 0 Å². The Hall–Kier alpha value is -9.40. The van der Waals surface area contributed by atoms with E-state index in [0.717, 1.165) is 105 Å². The van der Waals surface area contributed by atoms with Gasteiger partial charge in [-0.25, -0.2) is 15.0 Å². The van der Waals surface area contributed by atoms with E-state index in [0.29, 0.717) is 34.2 Å². The van der Waals surface area contributed by atoms with Crippen LogP contribution in [0.4, 0.5) is 13.2 Å². The summed E-state index contributed by atoms with van der Waals surface area (Å²) in [7, 11) is 0. The molecule has 0 aliphatic rings. The zero-order valence-corrected chi connectivity index (χ0v) is 41.2. The van der Waals surface area contributed by atoms with Crippen LogP contribution in [0.1, 0.15) is 22.3 Å². The predicted molar refractivity (Wildman–Crippen MR) is 300 cm³/mol. The summed E-state index contributed by atoms with van der Waals surface area (Å²) in [6, 6.07) is 75.4. The summed E-state index contributed by atoms with van der Waals surface area (Å²) in [5.74, 6) is 1.55. The van der Waals surface area contributed by atoms with Crippen molar-refractivity contribution in [1.29, 1.82) is 0 Å². The molecule has 0 aliphatic heterocycles. The highest BCUT2D eigenvalue weighted by molar-refractivity contribution is 6.13. The summed E-state index contributed by atoms with van der Waals surface area (Å²) in [6.45, 7) is 5.91. The number of para-hydroxylation sites is 2. The Labute approximate surface area is 431 Å². The molecule has 8 heteroatoms. The summed E-state index contributed by atoms with van der Waals surface area (Å²) in [5, 5.41) is 4.12. The van der Waals surface area contributed by atoms with Crippen molar-refractivity contribution in [3.8, 4) is 78.9 Å². The Balaban J connectivity index is 1.09. The highest BCUT2D eigenvalue weighted by Gasteiger charge is 2.31. The standard InChI is InChI=1S/C67H46F3N5/c1-41-31-42(2)33-50(32-41)48-25-28-61-56(38-48)57-39-49(51-34-43(3)35-52(36-51)67(68,69)70)26-29-62(57)75(61)63-30-24-47(46-23-27-60-55(37-46)54-21-13-14-22-59(54)74(60)53-19-11-6-12-20-53)40-58(63)66-72-64(44-15-7-4-8-16-44)71-65(73-66)45-17-9-5-10-18-45/h4-40H,1-3H3. The first-order valence-electron chi connectivity index (χ1n) is 25.0. The number of rotatable bonds is 8. The second-order valence-electron chi connectivity index (χ2n) is 19.5. The highest BCUT2D eigenvalue weighted by Crippen LogP contribution is 2.43. The van der Waals surface area contributed by atoms with Crippen molar-refractivity contribution >= 4 is 43.6 Å². The largest absolute Gasteiger partial charge is 0.416 e. The Bertz CT molecular complexity index is 4290. The molecule has 13 rings (SSSR count). The first-order chi connectivity index (χ1) is 36.5. The number of alkyl halides is 3. The van der Waals surface area contributed by atoms with Crippen molar-refractivity contribution in [3.63, 3.8) is 0 Å². The molecule has 0 aliphatic carbocycles. The first-order valence-corrected chi connectivity index (χ1v) is 25.0. The van der Waals surface area contributed by atoms with Crippen molar-refractivity contribution in [2.45, 2.75) is 26.9 Å². The van der Waals surface area contributed by atoms with Gasteiger partial charge >= 0.3 is 6.18 Å². The fraction of sp³-hybridized carbons (Fsp3) is 0.0597. The van der Waals surface area contributed by atoms with Crippen LogP contribution < -0.4 is 0 Å². The number of halogens is 3. The van der Waals surface area contributed by atoms with E-state index in [2.05, 4.69) is 144 Å². The minimum absolute atomic E-state index is 0.485. The highest BCUT2D eigenvalue weighted by atomic mass is 19.4. The van der Waals surface area contributed by atoms with E-state index in [1.165, 1.54) is 12.1 Å². The van der Waals surface area contributed by atoms with Gasteiger partial charge in [0.1, 0.15) is 0 Å². The van der Waals surface area contributed by atoms with E-state index in [4.69, 9.17) is 15.0 Å². The van der Waals surface area contributed by atoms with Crippen molar-refractivity contribution in [2.75, 3.05) is 0 Å². The molecule has 0 saturated heterocycles. The van der Waals surface area contributed by atoms with Gasteiger partial charge in [0.15, 0.2) is 17.5 Å². The van der Waals surface area contributed by atoms with Gasteiger partial charge in [0.05, 0.1) is 33.3 Å². The minimum Gasteiger partial charge on any atom is -0.309 e. The van der Waals surface area contributed by atoms with E-state index < -0.39 is 11.7 Å². The third-order valence-electron chi connectivity index (χ3n) is 14.3. The zero-order valence-electron chi connectivity index (χ0n) is 41.2. The molecule has 0 fully saturated rings. The van der Waals surface area contributed by atoms with Crippen molar-refractivity contribution in [2.24, 2.45) is 0 Å². The first kappa shape index (κ1) is 45.5. The molecule has 0 radical (unpaired) electrons. The maximum atomic E-state index is 14.3. The average molecular weight is 978 g/mol. The summed E-state index contributed by atoms with van der Waals surface area (Å²) in [5.41, 5.74) is 15.9. The molecule has 0 atom stereocenters. The second kappa shape index (κ2) is 18.0. The molecule has 75 heavy (non-hydrogen) atoms. The van der Waals surface area contributed by atoms with Crippen LogP contribution in [0.25, 0.3) is 123 Å². The summed E-state index contributed by atoms with van der Waals surface area (Å²) in [4.78, 5) is 15.7. The predicted octanol–water partition coefficient (Wildman–Crippen LogP) is 18.0. The molecule has 0 saturated carbocycles. The number of aryl methyl sites for hydroxylation is 3. The molecule has 0 spiro atoms. The third-order valence-corrected chi connectivity index (χ3v) is 14.3. The molecule has 10 aromatic carbocycles. The summed E-state index contributed by atoms with van der Waals surface area (Å²) in [6.07, 6.45) is -4.49. The normalized spacial score (nSPS) is 11.9. The molecule has 360 valence electrons. The van der Waals surface area contributed by atoms with Gasteiger partial charge in [0.25, 0.3) is 0 Å². The number of nitrogens with zero attached hydrogens (tertiary/aromatic N) is 5. The van der Waals surface area contributed by atoms with Gasteiger partial charge in [0, 0.05) is 43.9 Å². The molecule has 0 bridgehead atoms. The van der Waals surface area contributed by atoms with Crippen molar-refractivity contribution < 1.29 is 13.2 Å². The van der Waals surface area contributed by atoms with Crippen LogP contribution in [0.3, 0.4) is 0 Å². The quantitative estimate of drug-likeness (QED) is 0.152. The Kier molecular flexibility index (Phi) is 10.9. The number of fused-ring (bicyclic) bond motifs is 6. The van der Waals surface area contributed by atoms with Gasteiger partial charge in [-0.2, -0.15) is 13.2 Å². The summed E-state index contributed by atoms with van der Waals surface area (Å²) < 4.78 is 47.5. The number of aromatic nitrogens is 5. The lowest BCUT2D eigenvalue weighted by Crippen LogP contribution is -2.05. The van der Waals surface area contributed by atoms with Crippen LogP contribution in [0.2, 0.25) is 0 Å². The second-order valence-corrected chi connectivity index (χ2v) is 19.5. The molecule has 5 nitrogen and oxygen atoms in total. The molecule has 3 heterocycles. The van der Waals surface area contributed by atoms with Gasteiger partial charge in [-0.3, -0.25) is 0 Å². The Morgan fingerprint density at radius 2 is 0.747 bits per heavy atom. The smallest absolute Gasteiger partial charge is 0.309 e. The third kappa shape index (κ3) is 8.21. The van der Waals surface area contributed by atoms with Crippen LogP contribution in [0.15, 0.2) is 224 Å². The number of benzene rings is 10.